The minimum atomic E-state index is -0.0127. The summed E-state index contributed by atoms with van der Waals surface area (Å²) < 4.78 is 0. The van der Waals surface area contributed by atoms with E-state index >= 15 is 0 Å². The third kappa shape index (κ3) is 2.73. The monoisotopic (exact) mass is 288 g/mol. The highest BCUT2D eigenvalue weighted by atomic mass is 32.1. The molecule has 1 aromatic carbocycles. The fraction of sp³-hybridized carbons (Fsp3) is 0.333. The maximum atomic E-state index is 12.4. The van der Waals surface area contributed by atoms with E-state index in [1.165, 1.54) is 11.3 Å². The Morgan fingerprint density at radius 2 is 2.10 bits per heavy atom. The third-order valence-electron chi connectivity index (χ3n) is 3.33. The summed E-state index contributed by atoms with van der Waals surface area (Å²) in [7, 11) is 0. The van der Waals surface area contributed by atoms with Gasteiger partial charge in [0.2, 0.25) is 0 Å². The fourth-order valence-electron chi connectivity index (χ4n) is 2.17. The molecule has 1 N–H and O–H groups in total. The van der Waals surface area contributed by atoms with Crippen molar-refractivity contribution in [3.05, 3.63) is 41.4 Å². The maximum Gasteiger partial charge on any atom is 0.265 e. The van der Waals surface area contributed by atoms with Crippen LogP contribution in [0.2, 0.25) is 0 Å². The van der Waals surface area contributed by atoms with E-state index in [4.69, 9.17) is 5.11 Å². The molecule has 0 unspecified atom stereocenters. The van der Waals surface area contributed by atoms with Gasteiger partial charge in [0.25, 0.3) is 5.91 Å². The van der Waals surface area contributed by atoms with Gasteiger partial charge in [-0.2, -0.15) is 0 Å². The van der Waals surface area contributed by atoms with Crippen molar-refractivity contribution in [2.75, 3.05) is 13.2 Å². The predicted octanol–water partition coefficient (Wildman–Crippen LogP) is 2.41. The van der Waals surface area contributed by atoms with E-state index in [0.717, 1.165) is 23.4 Å². The number of benzene rings is 1. The average Bonchev–Trinajstić information content (AvgIpc) is 3.21. The number of carbonyl (C=O) groups excluding carboxylic acids is 1. The normalized spacial score (nSPS) is 14.2. The van der Waals surface area contributed by atoms with Crippen molar-refractivity contribution in [3.63, 3.8) is 0 Å². The second kappa shape index (κ2) is 5.73. The van der Waals surface area contributed by atoms with Gasteiger partial charge in [0.05, 0.1) is 12.8 Å². The van der Waals surface area contributed by atoms with Crippen LogP contribution >= 0.6 is 11.3 Å². The molecule has 0 aliphatic heterocycles. The largest absolute Gasteiger partial charge is 0.395 e. The lowest BCUT2D eigenvalue weighted by molar-refractivity contribution is 0.0712. The Hall–Kier alpha value is -1.72. The molecule has 0 spiro atoms. The molecule has 5 heteroatoms. The summed E-state index contributed by atoms with van der Waals surface area (Å²) in [6.45, 7) is 0.411. The predicted molar refractivity (Wildman–Crippen MR) is 78.7 cm³/mol. The molecule has 2 aromatic rings. The smallest absolute Gasteiger partial charge is 0.265 e. The van der Waals surface area contributed by atoms with Crippen molar-refractivity contribution in [1.29, 1.82) is 0 Å². The van der Waals surface area contributed by atoms with Gasteiger partial charge in [-0.15, -0.1) is 11.3 Å². The van der Waals surface area contributed by atoms with Crippen LogP contribution in [0, 0.1) is 0 Å². The van der Waals surface area contributed by atoms with Gasteiger partial charge >= 0.3 is 0 Å². The number of nitrogens with zero attached hydrogens (tertiary/aromatic N) is 2. The summed E-state index contributed by atoms with van der Waals surface area (Å²) in [5.74, 6) is -0.0127. The highest BCUT2D eigenvalue weighted by Gasteiger charge is 2.33. The van der Waals surface area contributed by atoms with E-state index in [2.05, 4.69) is 4.98 Å². The number of carbonyl (C=O) groups is 1. The molecule has 4 nitrogen and oxygen atoms in total. The van der Waals surface area contributed by atoms with Crippen molar-refractivity contribution in [3.8, 4) is 10.6 Å². The SMILES string of the molecule is O=C(c1cnc(-c2ccccc2)s1)N(CCO)C1CC1. The lowest BCUT2D eigenvalue weighted by Gasteiger charge is -2.20. The Kier molecular flexibility index (Phi) is 3.80. The van der Waals surface area contributed by atoms with Gasteiger partial charge in [-0.1, -0.05) is 30.3 Å². The zero-order chi connectivity index (χ0) is 13.9. The van der Waals surface area contributed by atoms with Crippen LogP contribution in [-0.4, -0.2) is 40.1 Å². The van der Waals surface area contributed by atoms with Crippen molar-refractivity contribution in [1.82, 2.24) is 9.88 Å². The zero-order valence-corrected chi connectivity index (χ0v) is 11.8. The standard InChI is InChI=1S/C15H16N2O2S/c18-9-8-17(12-6-7-12)15(19)13-10-16-14(20-13)11-4-2-1-3-5-11/h1-5,10,12,18H,6-9H2. The highest BCUT2D eigenvalue weighted by molar-refractivity contribution is 7.16. The maximum absolute atomic E-state index is 12.4. The fourth-order valence-corrected chi connectivity index (χ4v) is 3.05. The number of aliphatic hydroxyl groups excluding tert-OH is 1. The Labute approximate surface area is 121 Å². The van der Waals surface area contributed by atoms with E-state index in [0.29, 0.717) is 17.5 Å². The van der Waals surface area contributed by atoms with Crippen LogP contribution < -0.4 is 0 Å². The van der Waals surface area contributed by atoms with Gasteiger partial charge < -0.3 is 10.0 Å². The van der Waals surface area contributed by atoms with Crippen LogP contribution in [0.25, 0.3) is 10.6 Å². The Balaban J connectivity index is 1.80. The van der Waals surface area contributed by atoms with E-state index in [9.17, 15) is 4.79 Å². The van der Waals surface area contributed by atoms with E-state index in [1.54, 1.807) is 11.1 Å². The molecule has 1 heterocycles. The minimum absolute atomic E-state index is 0.00653. The van der Waals surface area contributed by atoms with Gasteiger partial charge in [-0.3, -0.25) is 4.79 Å². The molecule has 3 rings (SSSR count). The molecule has 104 valence electrons. The first-order valence-electron chi connectivity index (χ1n) is 6.72. The summed E-state index contributed by atoms with van der Waals surface area (Å²) in [5, 5.41) is 9.94. The number of aliphatic hydroxyl groups is 1. The van der Waals surface area contributed by atoms with Gasteiger partial charge in [0.15, 0.2) is 0 Å². The van der Waals surface area contributed by atoms with Gasteiger partial charge in [-0.05, 0) is 12.8 Å². The van der Waals surface area contributed by atoms with Crippen molar-refractivity contribution >= 4 is 17.2 Å². The first-order valence-corrected chi connectivity index (χ1v) is 7.54. The van der Waals surface area contributed by atoms with Crippen LogP contribution in [0.3, 0.4) is 0 Å². The summed E-state index contributed by atoms with van der Waals surface area (Å²) in [6, 6.07) is 10.1. The molecule has 1 fully saturated rings. The second-order valence-corrected chi connectivity index (χ2v) is 5.88. The van der Waals surface area contributed by atoms with Crippen molar-refractivity contribution < 1.29 is 9.90 Å². The van der Waals surface area contributed by atoms with Crippen LogP contribution in [0.4, 0.5) is 0 Å². The molecule has 0 saturated heterocycles. The van der Waals surface area contributed by atoms with Crippen LogP contribution in [0.1, 0.15) is 22.5 Å². The summed E-state index contributed by atoms with van der Waals surface area (Å²) in [4.78, 5) is 19.2. The number of rotatable bonds is 5. The zero-order valence-electron chi connectivity index (χ0n) is 11.0. The molecule has 1 aliphatic carbocycles. The van der Waals surface area contributed by atoms with E-state index < -0.39 is 0 Å². The molecule has 1 aromatic heterocycles. The summed E-state index contributed by atoms with van der Waals surface area (Å²) >= 11 is 1.41. The second-order valence-electron chi connectivity index (χ2n) is 4.85. The Morgan fingerprint density at radius 1 is 1.35 bits per heavy atom. The van der Waals surface area contributed by atoms with Crippen molar-refractivity contribution in [2.24, 2.45) is 0 Å². The molecule has 0 atom stereocenters. The molecular formula is C15H16N2O2S. The van der Waals surface area contributed by atoms with Gasteiger partial charge in [0, 0.05) is 18.2 Å². The minimum Gasteiger partial charge on any atom is -0.395 e. The molecule has 1 saturated carbocycles. The number of thiazole rings is 1. The molecular weight excluding hydrogens is 272 g/mol. The topological polar surface area (TPSA) is 53.4 Å². The van der Waals surface area contributed by atoms with Gasteiger partial charge in [0.1, 0.15) is 9.88 Å². The van der Waals surface area contributed by atoms with Crippen LogP contribution in [-0.2, 0) is 0 Å². The summed E-state index contributed by atoms with van der Waals surface area (Å²) in [6.07, 6.45) is 3.72. The lowest BCUT2D eigenvalue weighted by atomic mass is 10.2. The molecule has 20 heavy (non-hydrogen) atoms. The number of hydrogen-bond acceptors (Lipinski definition) is 4. The third-order valence-corrected chi connectivity index (χ3v) is 4.36. The number of aromatic nitrogens is 1. The Morgan fingerprint density at radius 3 is 2.75 bits per heavy atom. The van der Waals surface area contributed by atoms with Gasteiger partial charge in [-0.25, -0.2) is 4.98 Å². The molecule has 1 amide bonds. The molecule has 0 radical (unpaired) electrons. The quantitative estimate of drug-likeness (QED) is 0.919. The first kappa shape index (κ1) is 13.3. The average molecular weight is 288 g/mol. The number of hydrogen-bond donors (Lipinski definition) is 1. The molecule has 1 aliphatic rings. The van der Waals surface area contributed by atoms with E-state index in [1.807, 2.05) is 30.3 Å². The highest BCUT2D eigenvalue weighted by Crippen LogP contribution is 2.31. The lowest BCUT2D eigenvalue weighted by Crippen LogP contribution is -2.35. The van der Waals surface area contributed by atoms with E-state index in [-0.39, 0.29) is 12.5 Å². The molecule has 0 bridgehead atoms. The van der Waals surface area contributed by atoms with Crippen LogP contribution in [0.15, 0.2) is 36.5 Å². The first-order chi connectivity index (χ1) is 9.79. The Bertz CT molecular complexity index is 593. The van der Waals surface area contributed by atoms with Crippen molar-refractivity contribution in [2.45, 2.75) is 18.9 Å². The van der Waals surface area contributed by atoms with Crippen LogP contribution in [0.5, 0.6) is 0 Å². The number of amides is 1. The summed E-state index contributed by atoms with van der Waals surface area (Å²) in [5.41, 5.74) is 1.02.